The van der Waals surface area contributed by atoms with Gasteiger partial charge in [0.25, 0.3) is 0 Å². The molecule has 1 aliphatic heterocycles. The van der Waals surface area contributed by atoms with Crippen LogP contribution in [0.25, 0.3) is 17.0 Å². The van der Waals surface area contributed by atoms with Crippen molar-refractivity contribution in [3.05, 3.63) is 41.2 Å². The second kappa shape index (κ2) is 6.18. The summed E-state index contributed by atoms with van der Waals surface area (Å²) < 4.78 is 15.3. The van der Waals surface area contributed by atoms with Crippen LogP contribution in [0.1, 0.15) is 16.8 Å². The maximum absolute atomic E-state index is 5.55. The number of rotatable bonds is 2. The van der Waals surface area contributed by atoms with Gasteiger partial charge in [0.05, 0.1) is 26.2 Å². The second-order valence-electron chi connectivity index (χ2n) is 5.62. The number of aryl methyl sites for hydroxylation is 1. The Labute approximate surface area is 151 Å². The summed E-state index contributed by atoms with van der Waals surface area (Å²) in [6.07, 6.45) is 2.11. The summed E-state index contributed by atoms with van der Waals surface area (Å²) >= 11 is 1.75. The van der Waals surface area contributed by atoms with E-state index in [1.54, 1.807) is 26.2 Å². The largest absolute Gasteiger partial charge is 1.00 e. The van der Waals surface area contributed by atoms with E-state index in [1.165, 1.54) is 11.3 Å². The lowest BCUT2D eigenvalue weighted by molar-refractivity contribution is -0.613. The molecule has 2 aromatic heterocycles. The van der Waals surface area contributed by atoms with Crippen LogP contribution in [0.4, 0.5) is 0 Å². The summed E-state index contributed by atoms with van der Waals surface area (Å²) in [6.45, 7) is 4.18. The van der Waals surface area contributed by atoms with Crippen molar-refractivity contribution in [1.29, 1.82) is 0 Å². The first-order valence-corrected chi connectivity index (χ1v) is 8.37. The third kappa shape index (κ3) is 2.32. The molecule has 3 aromatic rings. The molecule has 5 nitrogen and oxygen atoms in total. The minimum Gasteiger partial charge on any atom is -1.00 e. The van der Waals surface area contributed by atoms with E-state index in [1.807, 2.05) is 18.2 Å². The number of methoxy groups -OCH3 is 2. The first-order valence-electron chi connectivity index (χ1n) is 7.43. The summed E-state index contributed by atoms with van der Waals surface area (Å²) in [5.74, 6) is 3.60. The number of hydrogen-bond acceptors (Lipinski definition) is 4. The zero-order valence-corrected chi connectivity index (χ0v) is 15.5. The van der Waals surface area contributed by atoms with Crippen LogP contribution in [0.3, 0.4) is 0 Å². The molecule has 0 amide bonds. The fourth-order valence-electron chi connectivity index (χ4n) is 3.16. The van der Waals surface area contributed by atoms with Gasteiger partial charge in [0.2, 0.25) is 0 Å². The Kier molecular flexibility index (Phi) is 4.36. The Morgan fingerprint density at radius 1 is 1.21 bits per heavy atom. The van der Waals surface area contributed by atoms with E-state index >= 15 is 0 Å². The Hall–Kier alpha value is -1.92. The smallest absolute Gasteiger partial charge is 0.415 e. The molecule has 0 radical (unpaired) electrons. The van der Waals surface area contributed by atoms with Gasteiger partial charge in [-0.3, -0.25) is 0 Å². The monoisotopic (exact) mass is 363 g/mol. The predicted octanol–water partition coefficient (Wildman–Crippen LogP) is -0.0391. The van der Waals surface area contributed by atoms with Crippen molar-refractivity contribution in [2.45, 2.75) is 19.6 Å². The Morgan fingerprint density at radius 3 is 2.71 bits per heavy atom. The van der Waals surface area contributed by atoms with Crippen LogP contribution >= 0.6 is 11.9 Å². The van der Waals surface area contributed by atoms with Gasteiger partial charge in [-0.1, -0.05) is 4.98 Å². The SMILES string of the molecule is COc1ccc2nc3n(c2c1)SCc1c(C)c(OC)c(C)c[n+]1-3.[Cl-]. The van der Waals surface area contributed by atoms with E-state index in [4.69, 9.17) is 14.5 Å². The molecule has 0 N–H and O–H groups in total. The van der Waals surface area contributed by atoms with Crippen molar-refractivity contribution in [1.82, 2.24) is 8.96 Å². The lowest BCUT2D eigenvalue weighted by Gasteiger charge is -2.18. The number of imidazole rings is 1. The van der Waals surface area contributed by atoms with Crippen molar-refractivity contribution in [3.8, 4) is 17.4 Å². The lowest BCUT2D eigenvalue weighted by atomic mass is 10.1. The van der Waals surface area contributed by atoms with Crippen molar-refractivity contribution in [2.75, 3.05) is 14.2 Å². The summed E-state index contributed by atoms with van der Waals surface area (Å²) in [5.41, 5.74) is 5.56. The first-order chi connectivity index (χ1) is 11.1. The van der Waals surface area contributed by atoms with Gasteiger partial charge in [-0.25, -0.2) is 4.57 Å². The molecule has 0 atom stereocenters. The van der Waals surface area contributed by atoms with Gasteiger partial charge in [0.1, 0.15) is 17.2 Å². The molecule has 7 heteroatoms. The molecule has 0 saturated heterocycles. The highest BCUT2D eigenvalue weighted by Gasteiger charge is 2.31. The number of nitrogens with zero attached hydrogens (tertiary/aromatic N) is 3. The maximum atomic E-state index is 5.55. The molecule has 0 aliphatic carbocycles. The summed E-state index contributed by atoms with van der Waals surface area (Å²) in [4.78, 5) is 4.82. The summed E-state index contributed by atoms with van der Waals surface area (Å²) in [7, 11) is 3.41. The average Bonchev–Trinajstić information content (AvgIpc) is 2.93. The van der Waals surface area contributed by atoms with Crippen molar-refractivity contribution in [3.63, 3.8) is 0 Å². The normalized spacial score (nSPS) is 12.3. The number of benzene rings is 1. The molecule has 3 heterocycles. The Bertz CT molecular complexity index is 939. The molecule has 0 saturated carbocycles. The van der Waals surface area contributed by atoms with Crippen molar-refractivity contribution < 1.29 is 26.4 Å². The van der Waals surface area contributed by atoms with E-state index in [2.05, 4.69) is 28.6 Å². The molecule has 0 unspecified atom stereocenters. The number of hydrogen-bond donors (Lipinski definition) is 0. The molecule has 0 fully saturated rings. The van der Waals surface area contributed by atoms with Gasteiger partial charge in [-0.05, 0) is 26.0 Å². The van der Waals surface area contributed by atoms with Crippen LogP contribution in [-0.4, -0.2) is 23.2 Å². The molecular formula is C17H18ClN3O2S. The van der Waals surface area contributed by atoms with Crippen molar-refractivity contribution >= 4 is 23.0 Å². The quantitative estimate of drug-likeness (QED) is 0.599. The van der Waals surface area contributed by atoms with Crippen LogP contribution in [0.5, 0.6) is 11.5 Å². The number of halogens is 1. The average molecular weight is 364 g/mol. The zero-order chi connectivity index (χ0) is 16.1. The van der Waals surface area contributed by atoms with Crippen LogP contribution in [0.2, 0.25) is 0 Å². The number of fused-ring (bicyclic) bond motifs is 5. The fraction of sp³-hybridized carbons (Fsp3) is 0.294. The highest BCUT2D eigenvalue weighted by atomic mass is 35.5. The standard InChI is InChI=1S/C17H18N3O2S.ClH/c1-10-8-19-15(11(2)16(10)22-4)9-23-20-14-7-12(21-3)5-6-13(14)18-17(19)20;/h5-8H,9H2,1-4H3;1H/q+1;/p-1. The van der Waals surface area contributed by atoms with Gasteiger partial charge in [-0.15, -0.1) is 0 Å². The highest BCUT2D eigenvalue weighted by Crippen LogP contribution is 2.33. The minimum absolute atomic E-state index is 0. The molecule has 126 valence electrons. The Balaban J connectivity index is 0.00000169. The zero-order valence-electron chi connectivity index (χ0n) is 14.0. The third-order valence-corrected chi connectivity index (χ3v) is 5.32. The van der Waals surface area contributed by atoms with E-state index in [9.17, 15) is 0 Å². The fourth-order valence-corrected chi connectivity index (χ4v) is 4.30. The third-order valence-electron chi connectivity index (χ3n) is 4.30. The van der Waals surface area contributed by atoms with Gasteiger partial charge in [0, 0.05) is 29.1 Å². The van der Waals surface area contributed by atoms with Crippen LogP contribution < -0.4 is 26.4 Å². The van der Waals surface area contributed by atoms with E-state index in [0.29, 0.717) is 0 Å². The van der Waals surface area contributed by atoms with Crippen LogP contribution in [-0.2, 0) is 5.75 Å². The van der Waals surface area contributed by atoms with Crippen LogP contribution in [0, 0.1) is 13.8 Å². The number of aromatic nitrogens is 3. The second-order valence-corrected chi connectivity index (χ2v) is 6.53. The van der Waals surface area contributed by atoms with Gasteiger partial charge in [-0.2, -0.15) is 3.97 Å². The first kappa shape index (κ1) is 16.9. The molecule has 0 spiro atoms. The lowest BCUT2D eigenvalue weighted by Crippen LogP contribution is -3.00. The predicted molar refractivity (Wildman–Crippen MR) is 90.5 cm³/mol. The molecule has 24 heavy (non-hydrogen) atoms. The molecule has 1 aromatic carbocycles. The molecular weight excluding hydrogens is 346 g/mol. The van der Waals surface area contributed by atoms with Gasteiger partial charge >= 0.3 is 5.95 Å². The Morgan fingerprint density at radius 2 is 2.00 bits per heavy atom. The molecule has 4 rings (SSSR count). The van der Waals surface area contributed by atoms with E-state index < -0.39 is 0 Å². The molecule has 0 bridgehead atoms. The summed E-state index contributed by atoms with van der Waals surface area (Å²) in [5, 5.41) is 0. The summed E-state index contributed by atoms with van der Waals surface area (Å²) in [6, 6.07) is 5.99. The van der Waals surface area contributed by atoms with Crippen molar-refractivity contribution in [2.24, 2.45) is 0 Å². The van der Waals surface area contributed by atoms with Gasteiger partial charge in [0.15, 0.2) is 11.0 Å². The number of ether oxygens (including phenoxy) is 2. The van der Waals surface area contributed by atoms with Gasteiger partial charge < -0.3 is 21.9 Å². The highest BCUT2D eigenvalue weighted by molar-refractivity contribution is 7.97. The van der Waals surface area contributed by atoms with E-state index in [-0.39, 0.29) is 12.4 Å². The van der Waals surface area contributed by atoms with E-state index in [0.717, 1.165) is 39.8 Å². The molecule has 1 aliphatic rings. The topological polar surface area (TPSA) is 40.2 Å². The maximum Gasteiger partial charge on any atom is 0.415 e. The number of pyridine rings is 1. The minimum atomic E-state index is 0. The van der Waals surface area contributed by atoms with Crippen LogP contribution in [0.15, 0.2) is 24.4 Å².